The molecule has 0 radical (unpaired) electrons. The maximum atomic E-state index is 12.4. The maximum absolute atomic E-state index is 12.4. The Balaban J connectivity index is 2.37. The molecule has 0 fully saturated rings. The third-order valence-electron chi connectivity index (χ3n) is 3.30. The number of esters is 1. The van der Waals surface area contributed by atoms with Crippen molar-refractivity contribution in [3.05, 3.63) is 69.3 Å². The fraction of sp³-hybridized carbons (Fsp3) is 0.176. The van der Waals surface area contributed by atoms with Crippen LogP contribution < -0.4 is 5.32 Å². The van der Waals surface area contributed by atoms with E-state index >= 15 is 0 Å². The van der Waals surface area contributed by atoms with Gasteiger partial charge in [-0.3, -0.25) is 14.9 Å². The first kappa shape index (κ1) is 17.1. The quantitative estimate of drug-likeness (QED) is 0.515. The molecule has 1 N–H and O–H groups in total. The number of carbonyl (C=O) groups is 2. The van der Waals surface area contributed by atoms with Gasteiger partial charge < -0.3 is 10.1 Å². The molecule has 7 heteroatoms. The number of rotatable bonds is 5. The Hall–Kier alpha value is -3.22. The highest BCUT2D eigenvalue weighted by Crippen LogP contribution is 2.20. The highest BCUT2D eigenvalue weighted by atomic mass is 16.6. The monoisotopic (exact) mass is 328 g/mol. The second-order valence-corrected chi connectivity index (χ2v) is 5.02. The summed E-state index contributed by atoms with van der Waals surface area (Å²) in [6, 6.07) is 10.6. The van der Waals surface area contributed by atoms with Gasteiger partial charge in [-0.2, -0.15) is 0 Å². The highest BCUT2D eigenvalue weighted by molar-refractivity contribution is 6.06. The minimum Gasteiger partial charge on any atom is -0.462 e. The average molecular weight is 328 g/mol. The van der Waals surface area contributed by atoms with E-state index in [0.29, 0.717) is 5.69 Å². The van der Waals surface area contributed by atoms with Crippen molar-refractivity contribution in [1.82, 2.24) is 0 Å². The Bertz CT molecular complexity index is 801. The Labute approximate surface area is 138 Å². The number of non-ortho nitro benzene ring substituents is 1. The molecular weight excluding hydrogens is 312 g/mol. The summed E-state index contributed by atoms with van der Waals surface area (Å²) in [6.45, 7) is 3.58. The molecule has 0 aliphatic carbocycles. The molecule has 0 saturated carbocycles. The van der Waals surface area contributed by atoms with Gasteiger partial charge in [0, 0.05) is 23.4 Å². The molecule has 0 aromatic heterocycles. The molecule has 7 nitrogen and oxygen atoms in total. The van der Waals surface area contributed by atoms with E-state index in [0.717, 1.165) is 17.7 Å². The normalized spacial score (nSPS) is 10.1. The predicted octanol–water partition coefficient (Wildman–Crippen LogP) is 3.33. The zero-order valence-corrected chi connectivity index (χ0v) is 13.2. The first-order valence-corrected chi connectivity index (χ1v) is 7.26. The Morgan fingerprint density at radius 2 is 1.83 bits per heavy atom. The summed E-state index contributed by atoms with van der Waals surface area (Å²) in [7, 11) is 0. The first-order chi connectivity index (χ1) is 11.4. The van der Waals surface area contributed by atoms with Crippen LogP contribution in [0.3, 0.4) is 0 Å². The minimum absolute atomic E-state index is 0.00973. The number of aryl methyl sites for hydroxylation is 1. The molecule has 2 aromatic carbocycles. The number of amides is 1. The van der Waals surface area contributed by atoms with E-state index < -0.39 is 16.8 Å². The van der Waals surface area contributed by atoms with E-state index in [4.69, 9.17) is 4.74 Å². The number of nitrogens with one attached hydrogen (secondary N) is 1. The van der Waals surface area contributed by atoms with E-state index in [1.54, 1.807) is 19.1 Å². The summed E-state index contributed by atoms with van der Waals surface area (Å²) in [5, 5.41) is 13.7. The highest BCUT2D eigenvalue weighted by Gasteiger charge is 2.19. The number of carbonyl (C=O) groups excluding carboxylic acids is 2. The lowest BCUT2D eigenvalue weighted by Gasteiger charge is -2.09. The molecule has 0 aliphatic heterocycles. The molecule has 1 amide bonds. The number of nitro groups is 1. The number of hydrogen-bond donors (Lipinski definition) is 1. The van der Waals surface area contributed by atoms with E-state index in [1.165, 1.54) is 6.07 Å². The Morgan fingerprint density at radius 3 is 2.46 bits per heavy atom. The lowest BCUT2D eigenvalue weighted by atomic mass is 10.1. The number of benzene rings is 2. The molecule has 0 spiro atoms. The molecule has 0 unspecified atom stereocenters. The van der Waals surface area contributed by atoms with Crippen LogP contribution in [0.1, 0.15) is 33.2 Å². The molecule has 0 bridgehead atoms. The third kappa shape index (κ3) is 3.95. The van der Waals surface area contributed by atoms with Crippen molar-refractivity contribution in [3.63, 3.8) is 0 Å². The van der Waals surface area contributed by atoms with Crippen LogP contribution in [0, 0.1) is 17.0 Å². The molecule has 0 saturated heterocycles. The molecule has 0 aliphatic rings. The second-order valence-electron chi connectivity index (χ2n) is 5.02. The summed E-state index contributed by atoms with van der Waals surface area (Å²) in [6.07, 6.45) is 0. The molecule has 24 heavy (non-hydrogen) atoms. The van der Waals surface area contributed by atoms with Crippen LogP contribution in [0.25, 0.3) is 0 Å². The summed E-state index contributed by atoms with van der Waals surface area (Å²) < 4.78 is 4.84. The summed E-state index contributed by atoms with van der Waals surface area (Å²) in [5.41, 5.74) is 1.06. The predicted molar refractivity (Wildman–Crippen MR) is 88.2 cm³/mol. The third-order valence-corrected chi connectivity index (χ3v) is 3.30. The van der Waals surface area contributed by atoms with Crippen molar-refractivity contribution >= 4 is 23.3 Å². The van der Waals surface area contributed by atoms with Gasteiger partial charge in [0.15, 0.2) is 0 Å². The van der Waals surface area contributed by atoms with Gasteiger partial charge in [0.25, 0.3) is 11.6 Å². The number of ether oxygens (including phenoxy) is 1. The number of nitro benzene ring substituents is 1. The molecule has 0 atom stereocenters. The molecule has 2 rings (SSSR count). The number of nitrogens with zero attached hydrogens (tertiary/aromatic N) is 1. The zero-order valence-electron chi connectivity index (χ0n) is 13.2. The maximum Gasteiger partial charge on any atom is 0.338 e. The van der Waals surface area contributed by atoms with Gasteiger partial charge in [0.2, 0.25) is 0 Å². The first-order valence-electron chi connectivity index (χ1n) is 7.26. The van der Waals surface area contributed by atoms with E-state index in [-0.39, 0.29) is 23.4 Å². The van der Waals surface area contributed by atoms with Crippen LogP contribution in [0.15, 0.2) is 42.5 Å². The van der Waals surface area contributed by atoms with Gasteiger partial charge in [-0.05, 0) is 31.5 Å². The standard InChI is InChI=1S/C17H16N2O5/c1-3-24-17(21)13-8-12(9-14(10-13)19(22)23)16(20)18-15-7-5-4-6-11(15)2/h4-10H,3H2,1-2H3,(H,18,20). The van der Waals surface area contributed by atoms with Crippen molar-refractivity contribution in [2.24, 2.45) is 0 Å². The van der Waals surface area contributed by atoms with Crippen LogP contribution in [0.5, 0.6) is 0 Å². The fourth-order valence-corrected chi connectivity index (χ4v) is 2.09. The largest absolute Gasteiger partial charge is 0.462 e. The second kappa shape index (κ2) is 7.36. The van der Waals surface area contributed by atoms with Gasteiger partial charge in [0.1, 0.15) is 0 Å². The molecule has 0 heterocycles. The number of anilines is 1. The summed E-state index contributed by atoms with van der Waals surface area (Å²) in [5.74, 6) is -1.26. The molecule has 2 aromatic rings. The van der Waals surface area contributed by atoms with Crippen LogP contribution in [0.4, 0.5) is 11.4 Å². The molecule has 124 valence electrons. The van der Waals surface area contributed by atoms with Gasteiger partial charge in [0.05, 0.1) is 17.1 Å². The van der Waals surface area contributed by atoms with Crippen molar-refractivity contribution in [3.8, 4) is 0 Å². The van der Waals surface area contributed by atoms with Crippen molar-refractivity contribution in [2.75, 3.05) is 11.9 Å². The lowest BCUT2D eigenvalue weighted by Crippen LogP contribution is -2.15. The summed E-state index contributed by atoms with van der Waals surface area (Å²) in [4.78, 5) is 34.6. The SMILES string of the molecule is CCOC(=O)c1cc(C(=O)Nc2ccccc2C)cc([N+](=O)[O-])c1. The van der Waals surface area contributed by atoms with Crippen LogP contribution >= 0.6 is 0 Å². The topological polar surface area (TPSA) is 98.5 Å². The number of hydrogen-bond acceptors (Lipinski definition) is 5. The van der Waals surface area contributed by atoms with Gasteiger partial charge in [-0.25, -0.2) is 4.79 Å². The smallest absolute Gasteiger partial charge is 0.338 e. The molecular formula is C17H16N2O5. The van der Waals surface area contributed by atoms with Crippen LogP contribution in [-0.4, -0.2) is 23.4 Å². The van der Waals surface area contributed by atoms with Crippen LogP contribution in [0.2, 0.25) is 0 Å². The lowest BCUT2D eigenvalue weighted by molar-refractivity contribution is -0.384. The van der Waals surface area contributed by atoms with E-state index in [1.807, 2.05) is 19.1 Å². The van der Waals surface area contributed by atoms with E-state index in [2.05, 4.69) is 5.32 Å². The van der Waals surface area contributed by atoms with Crippen LogP contribution in [-0.2, 0) is 4.74 Å². The van der Waals surface area contributed by atoms with Gasteiger partial charge in [-0.1, -0.05) is 18.2 Å². The number of para-hydroxylation sites is 1. The van der Waals surface area contributed by atoms with Gasteiger partial charge >= 0.3 is 5.97 Å². The van der Waals surface area contributed by atoms with E-state index in [9.17, 15) is 19.7 Å². The summed E-state index contributed by atoms with van der Waals surface area (Å²) >= 11 is 0. The van der Waals surface area contributed by atoms with Crippen molar-refractivity contribution in [1.29, 1.82) is 0 Å². The minimum atomic E-state index is -0.717. The van der Waals surface area contributed by atoms with Gasteiger partial charge in [-0.15, -0.1) is 0 Å². The zero-order chi connectivity index (χ0) is 17.7. The van der Waals surface area contributed by atoms with Crippen molar-refractivity contribution in [2.45, 2.75) is 13.8 Å². The average Bonchev–Trinajstić information content (AvgIpc) is 2.56. The fourth-order valence-electron chi connectivity index (χ4n) is 2.09. The van der Waals surface area contributed by atoms with Crippen molar-refractivity contribution < 1.29 is 19.2 Å². The Morgan fingerprint density at radius 1 is 1.17 bits per heavy atom. The Kier molecular flexibility index (Phi) is 5.26.